The van der Waals surface area contributed by atoms with Crippen molar-refractivity contribution in [2.75, 3.05) is 5.32 Å². The third-order valence-corrected chi connectivity index (χ3v) is 5.26. The van der Waals surface area contributed by atoms with Gasteiger partial charge in [-0.1, -0.05) is 12.1 Å². The summed E-state index contributed by atoms with van der Waals surface area (Å²) in [4.78, 5) is 36.4. The van der Waals surface area contributed by atoms with E-state index in [1.807, 2.05) is 18.2 Å². The zero-order chi connectivity index (χ0) is 24.5. The average Bonchev–Trinajstić information content (AvgIpc) is 3.26. The van der Waals surface area contributed by atoms with Crippen LogP contribution in [0.5, 0.6) is 0 Å². The fourth-order valence-electron chi connectivity index (χ4n) is 3.37. The number of ketones is 1. The van der Waals surface area contributed by atoms with Crippen molar-refractivity contribution >= 4 is 28.4 Å². The van der Waals surface area contributed by atoms with Crippen LogP contribution in [0.3, 0.4) is 0 Å². The molecule has 0 fully saturated rings. The molecule has 0 aliphatic rings. The van der Waals surface area contributed by atoms with Gasteiger partial charge in [0, 0.05) is 35.2 Å². The number of hydrogen-bond acceptors (Lipinski definition) is 5. The van der Waals surface area contributed by atoms with Gasteiger partial charge in [-0.3, -0.25) is 9.59 Å². The van der Waals surface area contributed by atoms with Gasteiger partial charge in [-0.05, 0) is 48.9 Å². The number of primary amides is 1. The number of aromatic nitrogens is 3. The van der Waals surface area contributed by atoms with E-state index in [1.165, 1.54) is 18.2 Å². The minimum absolute atomic E-state index is 0.0539. The van der Waals surface area contributed by atoms with E-state index < -0.39 is 29.5 Å². The van der Waals surface area contributed by atoms with Crippen LogP contribution in [-0.4, -0.2) is 32.7 Å². The zero-order valence-corrected chi connectivity index (χ0v) is 18.0. The van der Waals surface area contributed by atoms with Crippen LogP contribution in [0.25, 0.3) is 22.3 Å². The highest BCUT2D eigenvalue weighted by Crippen LogP contribution is 2.29. The number of halogens is 3. The van der Waals surface area contributed by atoms with E-state index >= 15 is 0 Å². The molecule has 2 heterocycles. The highest BCUT2D eigenvalue weighted by atomic mass is 19.4. The van der Waals surface area contributed by atoms with E-state index in [9.17, 15) is 22.8 Å². The van der Waals surface area contributed by atoms with Crippen LogP contribution in [0.4, 0.5) is 19.0 Å². The van der Waals surface area contributed by atoms with E-state index in [0.29, 0.717) is 11.1 Å². The molecule has 2 aromatic carbocycles. The third kappa shape index (κ3) is 5.06. The Morgan fingerprint density at radius 3 is 2.47 bits per heavy atom. The van der Waals surface area contributed by atoms with Gasteiger partial charge in [0.25, 0.3) is 0 Å². The molecule has 0 saturated heterocycles. The van der Waals surface area contributed by atoms with Crippen molar-refractivity contribution in [1.29, 1.82) is 0 Å². The molecule has 4 rings (SSSR count). The van der Waals surface area contributed by atoms with E-state index in [1.54, 1.807) is 19.2 Å². The Morgan fingerprint density at radius 2 is 1.79 bits per heavy atom. The van der Waals surface area contributed by atoms with Crippen molar-refractivity contribution in [3.63, 3.8) is 0 Å². The molecule has 0 saturated carbocycles. The lowest BCUT2D eigenvalue weighted by molar-refractivity contribution is -0.137. The lowest BCUT2D eigenvalue weighted by Crippen LogP contribution is -2.33. The fraction of sp³-hybridized carbons (Fsp3) is 0.167. The van der Waals surface area contributed by atoms with Crippen LogP contribution in [0.1, 0.15) is 28.5 Å². The monoisotopic (exact) mass is 467 g/mol. The number of nitrogens with zero attached hydrogens (tertiary/aromatic N) is 2. The summed E-state index contributed by atoms with van der Waals surface area (Å²) in [7, 11) is 0. The summed E-state index contributed by atoms with van der Waals surface area (Å²) in [6.07, 6.45) is -2.82. The molecule has 10 heteroatoms. The van der Waals surface area contributed by atoms with Crippen LogP contribution < -0.4 is 11.1 Å². The van der Waals surface area contributed by atoms with Gasteiger partial charge in [0.15, 0.2) is 11.6 Å². The molecule has 34 heavy (non-hydrogen) atoms. The maximum atomic E-state index is 13.0. The molecule has 7 nitrogen and oxygen atoms in total. The number of alkyl halides is 3. The molecule has 0 aliphatic carbocycles. The second-order valence-corrected chi connectivity index (χ2v) is 7.80. The summed E-state index contributed by atoms with van der Waals surface area (Å²) in [5.41, 5.74) is 6.56. The Hall–Kier alpha value is -4.21. The first-order chi connectivity index (χ1) is 16.1. The van der Waals surface area contributed by atoms with Crippen molar-refractivity contribution in [1.82, 2.24) is 15.0 Å². The molecule has 1 atom stereocenters. The summed E-state index contributed by atoms with van der Waals surface area (Å²) < 4.78 is 38.4. The van der Waals surface area contributed by atoms with Crippen molar-refractivity contribution in [2.24, 2.45) is 5.73 Å². The Bertz CT molecular complexity index is 1360. The minimum Gasteiger partial charge on any atom is -0.368 e. The van der Waals surface area contributed by atoms with Gasteiger partial charge in [0.2, 0.25) is 5.91 Å². The van der Waals surface area contributed by atoms with Crippen molar-refractivity contribution in [3.05, 3.63) is 77.6 Å². The highest BCUT2D eigenvalue weighted by Gasteiger charge is 2.30. The number of nitrogens with one attached hydrogen (secondary N) is 2. The van der Waals surface area contributed by atoms with Gasteiger partial charge < -0.3 is 16.0 Å². The quantitative estimate of drug-likeness (QED) is 0.350. The van der Waals surface area contributed by atoms with E-state index in [0.717, 1.165) is 23.0 Å². The third-order valence-electron chi connectivity index (χ3n) is 5.26. The number of aromatic amines is 1. The largest absolute Gasteiger partial charge is 0.416 e. The lowest BCUT2D eigenvalue weighted by Gasteiger charge is -2.13. The van der Waals surface area contributed by atoms with Gasteiger partial charge in [-0.2, -0.15) is 13.2 Å². The number of H-pyrrole nitrogens is 1. The van der Waals surface area contributed by atoms with Gasteiger partial charge in [-0.15, -0.1) is 0 Å². The SMILES string of the molecule is C[C@H](Nc1cc(C(=O)Cc2ccc(C(F)(F)F)cc2)nc(-c2ccc3[nH]ccc3c2)n1)C(N)=O. The number of nitrogens with two attached hydrogens (primary N) is 1. The molecule has 0 aliphatic heterocycles. The molecular weight excluding hydrogens is 447 g/mol. The van der Waals surface area contributed by atoms with Gasteiger partial charge in [0.05, 0.1) is 5.56 Å². The van der Waals surface area contributed by atoms with Crippen LogP contribution in [0, 0.1) is 0 Å². The maximum absolute atomic E-state index is 13.0. The number of carbonyl (C=O) groups is 2. The van der Waals surface area contributed by atoms with Gasteiger partial charge in [-0.25, -0.2) is 9.97 Å². The average molecular weight is 467 g/mol. The number of fused-ring (bicyclic) bond motifs is 1. The Morgan fingerprint density at radius 1 is 1.06 bits per heavy atom. The smallest absolute Gasteiger partial charge is 0.368 e. The summed E-state index contributed by atoms with van der Waals surface area (Å²) >= 11 is 0. The summed E-state index contributed by atoms with van der Waals surface area (Å²) in [6.45, 7) is 1.56. The molecule has 0 radical (unpaired) electrons. The number of benzene rings is 2. The molecule has 4 aromatic rings. The Labute approximate surface area is 192 Å². The first-order valence-electron chi connectivity index (χ1n) is 10.3. The molecule has 4 N–H and O–H groups in total. The molecule has 174 valence electrons. The van der Waals surface area contributed by atoms with Crippen molar-refractivity contribution in [3.8, 4) is 11.4 Å². The van der Waals surface area contributed by atoms with E-state index in [4.69, 9.17) is 5.73 Å². The van der Waals surface area contributed by atoms with Crippen LogP contribution in [-0.2, 0) is 17.4 Å². The lowest BCUT2D eigenvalue weighted by atomic mass is 10.0. The number of carbonyl (C=O) groups excluding carboxylic acids is 2. The topological polar surface area (TPSA) is 114 Å². The molecule has 2 aromatic heterocycles. The summed E-state index contributed by atoms with van der Waals surface area (Å²) in [5, 5.41) is 3.78. The van der Waals surface area contributed by atoms with Gasteiger partial charge >= 0.3 is 6.18 Å². The number of amides is 1. The summed E-state index contributed by atoms with van der Waals surface area (Å²) in [6, 6.07) is 12.4. The maximum Gasteiger partial charge on any atom is 0.416 e. The molecular formula is C24H20F3N5O2. The molecule has 0 bridgehead atoms. The van der Waals surface area contributed by atoms with Crippen molar-refractivity contribution < 1.29 is 22.8 Å². The molecule has 0 unspecified atom stereocenters. The summed E-state index contributed by atoms with van der Waals surface area (Å²) in [5.74, 6) is -0.547. The van der Waals surface area contributed by atoms with Crippen LogP contribution in [0.15, 0.2) is 60.8 Å². The molecule has 0 spiro atoms. The Balaban J connectivity index is 1.67. The first-order valence-corrected chi connectivity index (χ1v) is 10.3. The standard InChI is InChI=1S/C24H20F3N5O2/c1-13(22(28)34)30-21-12-19(20(33)10-14-2-5-17(6-3-14)24(25,26)27)31-23(32-21)16-4-7-18-15(11-16)8-9-29-18/h2-9,11-13,29H,10H2,1H3,(H2,28,34)(H,30,31,32)/t13-/m0/s1. The van der Waals surface area contributed by atoms with Crippen molar-refractivity contribution in [2.45, 2.75) is 25.6 Å². The predicted molar refractivity (Wildman–Crippen MR) is 121 cm³/mol. The van der Waals surface area contributed by atoms with Gasteiger partial charge in [0.1, 0.15) is 17.6 Å². The van der Waals surface area contributed by atoms with Crippen LogP contribution >= 0.6 is 0 Å². The predicted octanol–water partition coefficient (Wildman–Crippen LogP) is 4.35. The molecule has 1 amide bonds. The number of Topliss-reactive ketones (excluding diaryl/α,β-unsaturated/α-hetero) is 1. The van der Waals surface area contributed by atoms with E-state index in [-0.39, 0.29) is 23.8 Å². The first kappa shape index (κ1) is 23.0. The second-order valence-electron chi connectivity index (χ2n) is 7.80. The van der Waals surface area contributed by atoms with Crippen LogP contribution in [0.2, 0.25) is 0 Å². The van der Waals surface area contributed by atoms with E-state index in [2.05, 4.69) is 20.3 Å². The normalized spacial score (nSPS) is 12.5. The minimum atomic E-state index is -4.46. The zero-order valence-electron chi connectivity index (χ0n) is 18.0. The highest BCUT2D eigenvalue weighted by molar-refractivity contribution is 5.97. The Kier molecular flexibility index (Phi) is 6.06. The fourth-order valence-corrected chi connectivity index (χ4v) is 3.37. The number of anilines is 1. The second kappa shape index (κ2) is 8.97. The number of rotatable bonds is 7. The number of hydrogen-bond donors (Lipinski definition) is 3.